The van der Waals surface area contributed by atoms with Crippen LogP contribution in [0.15, 0.2) is 42.5 Å². The number of benzene rings is 2. The molecular formula is C26H24FN3O3S2. The Kier molecular flexibility index (Phi) is 5.98. The maximum atomic E-state index is 14.0. The molecule has 9 heteroatoms. The van der Waals surface area contributed by atoms with E-state index in [1.807, 2.05) is 24.3 Å². The second-order valence-electron chi connectivity index (χ2n) is 8.93. The van der Waals surface area contributed by atoms with E-state index >= 15 is 0 Å². The average Bonchev–Trinajstić information content (AvgIpc) is 3.26. The van der Waals surface area contributed by atoms with Crippen LogP contribution in [-0.2, 0) is 6.42 Å². The van der Waals surface area contributed by atoms with Crippen LogP contribution in [0.3, 0.4) is 0 Å². The molecule has 6 rings (SSSR count). The Morgan fingerprint density at radius 3 is 2.89 bits per heavy atom. The molecule has 0 bridgehead atoms. The van der Waals surface area contributed by atoms with E-state index < -0.39 is 0 Å². The zero-order valence-corrected chi connectivity index (χ0v) is 20.6. The van der Waals surface area contributed by atoms with Gasteiger partial charge in [-0.3, -0.25) is 9.59 Å². The number of fused-ring (bicyclic) bond motifs is 1. The van der Waals surface area contributed by atoms with E-state index in [2.05, 4.69) is 5.32 Å². The molecule has 6 nitrogen and oxygen atoms in total. The van der Waals surface area contributed by atoms with Crippen molar-refractivity contribution in [3.63, 3.8) is 0 Å². The second kappa shape index (κ2) is 9.28. The lowest BCUT2D eigenvalue weighted by molar-refractivity contribution is 0.0747. The second-order valence-corrected chi connectivity index (χ2v) is 11.2. The number of nitrogens with zero attached hydrogens (tertiary/aromatic N) is 2. The van der Waals surface area contributed by atoms with Crippen LogP contribution in [0.1, 0.15) is 50.2 Å². The first-order valence-corrected chi connectivity index (χ1v) is 13.7. The summed E-state index contributed by atoms with van der Waals surface area (Å²) in [5.74, 6) is 1.30. The topological polar surface area (TPSA) is 71.5 Å². The largest absolute Gasteiger partial charge is 0.493 e. The number of rotatable bonds is 6. The Bertz CT molecular complexity index is 1310. The monoisotopic (exact) mass is 509 g/mol. The van der Waals surface area contributed by atoms with Crippen molar-refractivity contribution in [1.82, 2.24) is 15.2 Å². The molecule has 1 saturated carbocycles. The normalized spacial score (nSPS) is 18.9. The number of nitrogens with one attached hydrogen (secondary N) is 1. The fraction of sp³-hybridized carbons (Fsp3) is 0.346. The summed E-state index contributed by atoms with van der Waals surface area (Å²) in [5.41, 5.74) is 2.63. The van der Waals surface area contributed by atoms with Crippen molar-refractivity contribution in [3.05, 3.63) is 70.1 Å². The Morgan fingerprint density at radius 2 is 2.06 bits per heavy atom. The van der Waals surface area contributed by atoms with Crippen LogP contribution < -0.4 is 10.1 Å². The number of amides is 2. The van der Waals surface area contributed by atoms with Gasteiger partial charge in [-0.05, 0) is 42.7 Å². The van der Waals surface area contributed by atoms with Gasteiger partial charge in [-0.25, -0.2) is 9.37 Å². The third-order valence-electron chi connectivity index (χ3n) is 6.54. The average molecular weight is 510 g/mol. The van der Waals surface area contributed by atoms with E-state index in [4.69, 9.17) is 9.72 Å². The predicted molar refractivity (Wildman–Crippen MR) is 135 cm³/mol. The fourth-order valence-electron chi connectivity index (χ4n) is 4.58. The standard InChI is InChI=1S/C26H24FN3O3S2/c27-17-4-1-3-16(13-17)23-22(29-25(35-23)15-7-8-15)26(32)30-10-12-34-21(30)14-28-24(31)19-5-2-6-20-18(19)9-11-33-20/h1-6,13,15,21H,7-12,14H2,(H,28,31). The number of ether oxygens (including phenoxy) is 1. The Balaban J connectivity index is 1.21. The summed E-state index contributed by atoms with van der Waals surface area (Å²) in [6, 6.07) is 11.9. The maximum Gasteiger partial charge on any atom is 0.274 e. The molecule has 180 valence electrons. The van der Waals surface area contributed by atoms with E-state index in [0.29, 0.717) is 42.4 Å². The third kappa shape index (κ3) is 4.43. The summed E-state index contributed by atoms with van der Waals surface area (Å²) in [7, 11) is 0. The highest BCUT2D eigenvalue weighted by Gasteiger charge is 2.36. The van der Waals surface area contributed by atoms with Gasteiger partial charge in [-0.15, -0.1) is 23.1 Å². The molecule has 3 heterocycles. The maximum absolute atomic E-state index is 14.0. The number of carbonyl (C=O) groups is 2. The Labute approximate surface area is 210 Å². The zero-order valence-electron chi connectivity index (χ0n) is 19.0. The summed E-state index contributed by atoms with van der Waals surface area (Å²) in [6.07, 6.45) is 2.87. The first-order valence-electron chi connectivity index (χ1n) is 11.8. The summed E-state index contributed by atoms with van der Waals surface area (Å²) >= 11 is 3.14. The molecular weight excluding hydrogens is 485 g/mol. The van der Waals surface area contributed by atoms with Crippen molar-refractivity contribution in [2.75, 3.05) is 25.4 Å². The molecule has 1 aromatic heterocycles. The van der Waals surface area contributed by atoms with Crippen molar-refractivity contribution in [2.24, 2.45) is 0 Å². The van der Waals surface area contributed by atoms with Crippen LogP contribution in [0, 0.1) is 5.82 Å². The number of hydrogen-bond acceptors (Lipinski definition) is 6. The number of thiazole rings is 1. The highest BCUT2D eigenvalue weighted by molar-refractivity contribution is 8.00. The van der Waals surface area contributed by atoms with Crippen LogP contribution >= 0.6 is 23.1 Å². The summed E-state index contributed by atoms with van der Waals surface area (Å²) in [4.78, 5) is 33.9. The number of halogens is 1. The minimum absolute atomic E-state index is 0.155. The molecule has 2 amide bonds. The molecule has 1 atom stereocenters. The molecule has 2 aromatic carbocycles. The third-order valence-corrected chi connectivity index (χ3v) is 9.03. The van der Waals surface area contributed by atoms with Gasteiger partial charge in [0.25, 0.3) is 11.8 Å². The van der Waals surface area contributed by atoms with Gasteiger partial charge in [0, 0.05) is 42.3 Å². The number of thioether (sulfide) groups is 1. The first kappa shape index (κ1) is 22.5. The van der Waals surface area contributed by atoms with Gasteiger partial charge in [0.2, 0.25) is 0 Å². The van der Waals surface area contributed by atoms with E-state index in [1.54, 1.807) is 22.7 Å². The molecule has 0 spiro atoms. The first-order chi connectivity index (χ1) is 17.1. The minimum Gasteiger partial charge on any atom is -0.493 e. The SMILES string of the molecule is O=C(NCC1SCCN1C(=O)c1nc(C2CC2)sc1-c1cccc(F)c1)c1cccc2c1CCO2. The molecule has 2 aliphatic heterocycles. The smallest absolute Gasteiger partial charge is 0.274 e. The lowest BCUT2D eigenvalue weighted by Crippen LogP contribution is -2.42. The van der Waals surface area contributed by atoms with Crippen molar-refractivity contribution >= 4 is 34.9 Å². The summed E-state index contributed by atoms with van der Waals surface area (Å²) in [6.45, 7) is 1.51. The molecule has 1 saturated heterocycles. The van der Waals surface area contributed by atoms with Gasteiger partial charge in [0.15, 0.2) is 0 Å². The highest BCUT2D eigenvalue weighted by Crippen LogP contribution is 2.45. The lowest BCUT2D eigenvalue weighted by Gasteiger charge is -2.24. The van der Waals surface area contributed by atoms with Gasteiger partial charge in [0.1, 0.15) is 17.3 Å². The van der Waals surface area contributed by atoms with E-state index in [1.165, 1.54) is 23.5 Å². The van der Waals surface area contributed by atoms with E-state index in [9.17, 15) is 14.0 Å². The van der Waals surface area contributed by atoms with E-state index in [0.717, 1.165) is 46.2 Å². The minimum atomic E-state index is -0.336. The van der Waals surface area contributed by atoms with Crippen LogP contribution in [0.4, 0.5) is 4.39 Å². The Hall–Kier alpha value is -2.91. The molecule has 35 heavy (non-hydrogen) atoms. The van der Waals surface area contributed by atoms with Crippen LogP contribution in [-0.4, -0.2) is 52.5 Å². The van der Waals surface area contributed by atoms with Gasteiger partial charge >= 0.3 is 0 Å². The lowest BCUT2D eigenvalue weighted by atomic mass is 10.0. The molecule has 3 aliphatic rings. The van der Waals surface area contributed by atoms with E-state index in [-0.39, 0.29) is 23.0 Å². The van der Waals surface area contributed by atoms with Crippen LogP contribution in [0.5, 0.6) is 5.75 Å². The van der Waals surface area contributed by atoms with Crippen LogP contribution in [0.25, 0.3) is 10.4 Å². The molecule has 1 unspecified atom stereocenters. The molecule has 1 N–H and O–H groups in total. The van der Waals surface area contributed by atoms with Gasteiger partial charge in [-0.2, -0.15) is 0 Å². The van der Waals surface area contributed by atoms with Crippen molar-refractivity contribution in [2.45, 2.75) is 30.6 Å². The number of carbonyl (C=O) groups excluding carboxylic acids is 2. The summed E-state index contributed by atoms with van der Waals surface area (Å²) in [5, 5.41) is 3.78. The number of aromatic nitrogens is 1. The molecule has 1 aliphatic carbocycles. The van der Waals surface area contributed by atoms with Crippen molar-refractivity contribution < 1.29 is 18.7 Å². The van der Waals surface area contributed by atoms with Gasteiger partial charge in [-0.1, -0.05) is 18.2 Å². The highest BCUT2D eigenvalue weighted by atomic mass is 32.2. The van der Waals surface area contributed by atoms with Crippen molar-refractivity contribution in [3.8, 4) is 16.2 Å². The van der Waals surface area contributed by atoms with Gasteiger partial charge < -0.3 is 15.0 Å². The Morgan fingerprint density at radius 1 is 1.20 bits per heavy atom. The quantitative estimate of drug-likeness (QED) is 0.521. The zero-order chi connectivity index (χ0) is 23.9. The number of hydrogen-bond donors (Lipinski definition) is 1. The van der Waals surface area contributed by atoms with Crippen LogP contribution in [0.2, 0.25) is 0 Å². The van der Waals surface area contributed by atoms with Gasteiger partial charge in [0.05, 0.1) is 21.9 Å². The molecule has 2 fully saturated rings. The molecule has 0 radical (unpaired) electrons. The molecule has 3 aromatic rings. The predicted octanol–water partition coefficient (Wildman–Crippen LogP) is 4.71. The van der Waals surface area contributed by atoms with Crippen molar-refractivity contribution in [1.29, 1.82) is 0 Å². The summed E-state index contributed by atoms with van der Waals surface area (Å²) < 4.78 is 19.5. The fourth-order valence-corrected chi connectivity index (χ4v) is 6.96.